The van der Waals surface area contributed by atoms with Crippen molar-refractivity contribution in [3.05, 3.63) is 63.6 Å². The quantitative estimate of drug-likeness (QED) is 0.557. The van der Waals surface area contributed by atoms with Crippen molar-refractivity contribution in [3.63, 3.8) is 0 Å². The van der Waals surface area contributed by atoms with Crippen LogP contribution in [-0.4, -0.2) is 21.3 Å². The van der Waals surface area contributed by atoms with Crippen molar-refractivity contribution in [1.29, 1.82) is 0 Å². The molecule has 3 aromatic rings. The van der Waals surface area contributed by atoms with Gasteiger partial charge in [0.25, 0.3) is 0 Å². The van der Waals surface area contributed by atoms with Gasteiger partial charge in [0.1, 0.15) is 11.6 Å². The van der Waals surface area contributed by atoms with Crippen LogP contribution in [0.25, 0.3) is 5.69 Å². The first-order valence-electron chi connectivity index (χ1n) is 7.79. The van der Waals surface area contributed by atoms with E-state index >= 15 is 0 Å². The lowest BCUT2D eigenvalue weighted by Crippen LogP contribution is -2.21. The van der Waals surface area contributed by atoms with E-state index < -0.39 is 0 Å². The molecule has 0 saturated heterocycles. The van der Waals surface area contributed by atoms with Gasteiger partial charge in [0.2, 0.25) is 0 Å². The summed E-state index contributed by atoms with van der Waals surface area (Å²) in [4.78, 5) is 2.31. The second-order valence-corrected chi connectivity index (χ2v) is 7.41. The number of anilines is 2. The Bertz CT molecular complexity index is 904. The number of aromatic nitrogens is 3. The Balaban J connectivity index is 1.96. The first-order chi connectivity index (χ1) is 11.5. The van der Waals surface area contributed by atoms with Crippen LogP contribution in [0.3, 0.4) is 0 Å². The molecule has 4 rings (SSSR count). The topological polar surface area (TPSA) is 34.0 Å². The third-order valence-corrected chi connectivity index (χ3v) is 5.10. The van der Waals surface area contributed by atoms with Gasteiger partial charge in [0, 0.05) is 27.6 Å². The maximum Gasteiger partial charge on any atom is 0.142 e. The first-order valence-corrected chi connectivity index (χ1v) is 8.96. The van der Waals surface area contributed by atoms with E-state index in [9.17, 15) is 0 Å². The average Bonchev–Trinajstić information content (AvgIpc) is 2.89. The van der Waals surface area contributed by atoms with Crippen molar-refractivity contribution in [2.45, 2.75) is 19.8 Å². The van der Waals surface area contributed by atoms with Gasteiger partial charge >= 0.3 is 0 Å². The van der Waals surface area contributed by atoms with Crippen LogP contribution >= 0.6 is 27.5 Å². The Morgan fingerprint density at radius 1 is 1.08 bits per heavy atom. The number of nitrogens with zero attached hydrogens (tertiary/aromatic N) is 4. The van der Waals surface area contributed by atoms with Crippen molar-refractivity contribution in [2.75, 3.05) is 11.4 Å². The fourth-order valence-electron chi connectivity index (χ4n) is 3.22. The Kier molecular flexibility index (Phi) is 3.85. The van der Waals surface area contributed by atoms with Crippen LogP contribution in [0.4, 0.5) is 11.4 Å². The van der Waals surface area contributed by atoms with E-state index in [4.69, 9.17) is 11.6 Å². The minimum atomic E-state index is 0.244. The highest BCUT2D eigenvalue weighted by Crippen LogP contribution is 2.39. The number of rotatable bonds is 1. The van der Waals surface area contributed by atoms with E-state index in [1.165, 1.54) is 0 Å². The second-order valence-electron chi connectivity index (χ2n) is 6.06. The molecule has 2 heterocycles. The number of hydrogen-bond donors (Lipinski definition) is 0. The van der Waals surface area contributed by atoms with E-state index in [1.54, 1.807) is 0 Å². The highest BCUT2D eigenvalue weighted by atomic mass is 79.9. The van der Waals surface area contributed by atoms with Gasteiger partial charge in [-0.05, 0) is 49.4 Å². The number of fused-ring (bicyclic) bond motifs is 3. The zero-order valence-corrected chi connectivity index (χ0v) is 15.7. The van der Waals surface area contributed by atoms with Crippen LogP contribution in [0.15, 0.2) is 46.9 Å². The average molecular weight is 404 g/mol. The first kappa shape index (κ1) is 15.7. The van der Waals surface area contributed by atoms with Crippen LogP contribution in [0.1, 0.15) is 24.5 Å². The smallest absolute Gasteiger partial charge is 0.142 e. The molecule has 2 aromatic carbocycles. The van der Waals surface area contributed by atoms with E-state index in [-0.39, 0.29) is 5.92 Å². The number of halogens is 2. The van der Waals surface area contributed by atoms with Crippen LogP contribution in [0, 0.1) is 6.92 Å². The summed E-state index contributed by atoms with van der Waals surface area (Å²) in [5.74, 6) is 2.14. The third kappa shape index (κ3) is 2.52. The Morgan fingerprint density at radius 2 is 1.83 bits per heavy atom. The Hall–Kier alpha value is -1.85. The monoisotopic (exact) mass is 402 g/mol. The van der Waals surface area contributed by atoms with Crippen molar-refractivity contribution < 1.29 is 0 Å². The minimum Gasteiger partial charge on any atom is -0.339 e. The molecule has 1 aliphatic rings. The van der Waals surface area contributed by atoms with Gasteiger partial charge in [0.15, 0.2) is 0 Å². The summed E-state index contributed by atoms with van der Waals surface area (Å²) in [6.07, 6.45) is 0. The molecule has 4 nitrogen and oxygen atoms in total. The summed E-state index contributed by atoms with van der Waals surface area (Å²) < 4.78 is 3.20. The molecule has 0 saturated carbocycles. The van der Waals surface area contributed by atoms with Crippen molar-refractivity contribution in [2.24, 2.45) is 0 Å². The molecule has 0 fully saturated rings. The molecule has 1 aromatic heterocycles. The highest BCUT2D eigenvalue weighted by molar-refractivity contribution is 9.10. The lowest BCUT2D eigenvalue weighted by atomic mass is 10.1. The molecule has 0 amide bonds. The van der Waals surface area contributed by atoms with Gasteiger partial charge in [-0.15, -0.1) is 10.2 Å². The number of benzene rings is 2. The predicted molar refractivity (Wildman–Crippen MR) is 101 cm³/mol. The summed E-state index contributed by atoms with van der Waals surface area (Å²) in [6, 6.07) is 14.3. The molecular formula is C18H16BrClN4. The zero-order chi connectivity index (χ0) is 16.8. The molecular weight excluding hydrogens is 388 g/mol. The standard InChI is InChI=1S/C18H16BrClN4/c1-11-10-23(15-6-4-14(20)5-7-15)17-9-13(19)3-8-16(17)24-12(2)21-22-18(11)24/h3-9,11H,10H2,1-2H3/t11-/m0/s1. The summed E-state index contributed by atoms with van der Waals surface area (Å²) in [5.41, 5.74) is 3.33. The van der Waals surface area contributed by atoms with Crippen molar-refractivity contribution in [3.8, 4) is 5.69 Å². The lowest BCUT2D eigenvalue weighted by molar-refractivity contribution is 0.696. The van der Waals surface area contributed by atoms with Gasteiger partial charge in [0.05, 0.1) is 11.4 Å². The van der Waals surface area contributed by atoms with Gasteiger partial charge in [-0.2, -0.15) is 0 Å². The van der Waals surface area contributed by atoms with E-state index in [2.05, 4.69) is 72.8 Å². The number of aryl methyl sites for hydroxylation is 1. The fourth-order valence-corrected chi connectivity index (χ4v) is 3.69. The Morgan fingerprint density at radius 3 is 2.58 bits per heavy atom. The molecule has 122 valence electrons. The van der Waals surface area contributed by atoms with E-state index in [1.807, 2.05) is 19.1 Å². The molecule has 6 heteroatoms. The van der Waals surface area contributed by atoms with Gasteiger partial charge in [-0.3, -0.25) is 4.57 Å². The van der Waals surface area contributed by atoms with E-state index in [0.29, 0.717) is 0 Å². The normalized spacial score (nSPS) is 16.5. The molecule has 0 bridgehead atoms. The molecule has 0 unspecified atom stereocenters. The van der Waals surface area contributed by atoms with Gasteiger partial charge in [-0.25, -0.2) is 0 Å². The lowest BCUT2D eigenvalue weighted by Gasteiger charge is -2.26. The van der Waals surface area contributed by atoms with Crippen molar-refractivity contribution >= 4 is 38.9 Å². The maximum atomic E-state index is 6.06. The molecule has 1 aliphatic heterocycles. The summed E-state index contributed by atoms with van der Waals surface area (Å²) in [5, 5.41) is 9.44. The van der Waals surface area contributed by atoms with Crippen LogP contribution in [0.5, 0.6) is 0 Å². The SMILES string of the molecule is Cc1nnc2n1-c1ccc(Br)cc1N(c1ccc(Cl)cc1)C[C@@H]2C. The van der Waals surface area contributed by atoms with E-state index in [0.717, 1.165) is 44.8 Å². The molecule has 0 aliphatic carbocycles. The third-order valence-electron chi connectivity index (χ3n) is 4.35. The van der Waals surface area contributed by atoms with Gasteiger partial charge < -0.3 is 4.90 Å². The molecule has 1 atom stereocenters. The maximum absolute atomic E-state index is 6.06. The zero-order valence-electron chi connectivity index (χ0n) is 13.4. The summed E-state index contributed by atoms with van der Waals surface area (Å²) >= 11 is 9.67. The molecule has 0 spiro atoms. The highest BCUT2D eigenvalue weighted by Gasteiger charge is 2.28. The van der Waals surface area contributed by atoms with Crippen LogP contribution in [-0.2, 0) is 0 Å². The Labute approximate surface area is 154 Å². The summed E-state index contributed by atoms with van der Waals surface area (Å²) in [7, 11) is 0. The summed E-state index contributed by atoms with van der Waals surface area (Å²) in [6.45, 7) is 5.00. The minimum absolute atomic E-state index is 0.244. The fraction of sp³-hybridized carbons (Fsp3) is 0.222. The predicted octanol–water partition coefficient (Wildman–Crippen LogP) is 5.25. The molecule has 0 N–H and O–H groups in total. The van der Waals surface area contributed by atoms with Gasteiger partial charge in [-0.1, -0.05) is 34.5 Å². The molecule has 0 radical (unpaired) electrons. The number of hydrogen-bond acceptors (Lipinski definition) is 3. The second kappa shape index (κ2) is 5.90. The molecule has 24 heavy (non-hydrogen) atoms. The largest absolute Gasteiger partial charge is 0.339 e. The van der Waals surface area contributed by atoms with Crippen LogP contribution < -0.4 is 4.90 Å². The van der Waals surface area contributed by atoms with Crippen LogP contribution in [0.2, 0.25) is 5.02 Å². The van der Waals surface area contributed by atoms with Crippen molar-refractivity contribution in [1.82, 2.24) is 14.8 Å².